The van der Waals surface area contributed by atoms with Crippen LogP contribution in [0.2, 0.25) is 0 Å². The van der Waals surface area contributed by atoms with E-state index in [4.69, 9.17) is 13.9 Å². The highest BCUT2D eigenvalue weighted by atomic mass is 16.6. The monoisotopic (exact) mass is 449 g/mol. The van der Waals surface area contributed by atoms with Crippen molar-refractivity contribution in [3.8, 4) is 0 Å². The van der Waals surface area contributed by atoms with Gasteiger partial charge in [0, 0.05) is 38.1 Å². The second kappa shape index (κ2) is 10.8. The Hall–Kier alpha value is -2.55. The van der Waals surface area contributed by atoms with E-state index in [-0.39, 0.29) is 36.5 Å². The van der Waals surface area contributed by atoms with Gasteiger partial charge in [-0.25, -0.2) is 4.79 Å². The number of nitrogens with one attached hydrogen (secondary N) is 1. The van der Waals surface area contributed by atoms with Crippen molar-refractivity contribution in [1.82, 2.24) is 15.1 Å². The Labute approximate surface area is 189 Å². The van der Waals surface area contributed by atoms with Crippen LogP contribution >= 0.6 is 0 Å². The van der Waals surface area contributed by atoms with Crippen molar-refractivity contribution in [2.45, 2.75) is 58.1 Å². The lowest BCUT2D eigenvalue weighted by molar-refractivity contribution is -0.127. The first-order valence-corrected chi connectivity index (χ1v) is 11.4. The summed E-state index contributed by atoms with van der Waals surface area (Å²) in [5.74, 6) is 0.269. The summed E-state index contributed by atoms with van der Waals surface area (Å²) in [4.78, 5) is 40.3. The molecule has 1 aromatic heterocycles. The van der Waals surface area contributed by atoms with Crippen LogP contribution in [0.3, 0.4) is 0 Å². The summed E-state index contributed by atoms with van der Waals surface area (Å²) in [6.07, 6.45) is 4.45. The highest BCUT2D eigenvalue weighted by molar-refractivity contribution is 5.91. The van der Waals surface area contributed by atoms with E-state index in [0.29, 0.717) is 51.4 Å². The molecule has 0 saturated carbocycles. The maximum absolute atomic E-state index is 12.3. The lowest BCUT2D eigenvalue weighted by atomic mass is 9.99. The molecule has 0 bridgehead atoms. The normalized spacial score (nSPS) is 20.2. The van der Waals surface area contributed by atoms with Crippen LogP contribution in [0.1, 0.15) is 57.0 Å². The number of amides is 3. The zero-order chi connectivity index (χ0) is 23.1. The van der Waals surface area contributed by atoms with Gasteiger partial charge in [0.1, 0.15) is 12.2 Å². The molecule has 2 fully saturated rings. The largest absolute Gasteiger partial charge is 0.459 e. The summed E-state index contributed by atoms with van der Waals surface area (Å²) in [5.41, 5.74) is -0.513. The Bertz CT molecular complexity index is 765. The Kier molecular flexibility index (Phi) is 8.17. The summed E-state index contributed by atoms with van der Waals surface area (Å²) in [7, 11) is 0. The van der Waals surface area contributed by atoms with E-state index in [1.807, 2.05) is 20.8 Å². The van der Waals surface area contributed by atoms with Crippen molar-refractivity contribution in [2.24, 2.45) is 5.92 Å². The summed E-state index contributed by atoms with van der Waals surface area (Å²) < 4.78 is 16.3. The predicted molar refractivity (Wildman–Crippen MR) is 117 cm³/mol. The van der Waals surface area contributed by atoms with E-state index in [2.05, 4.69) is 5.32 Å². The van der Waals surface area contributed by atoms with Crippen molar-refractivity contribution >= 4 is 17.9 Å². The molecule has 0 aromatic carbocycles. The second-order valence-corrected chi connectivity index (χ2v) is 9.56. The fourth-order valence-electron chi connectivity index (χ4n) is 4.06. The summed E-state index contributed by atoms with van der Waals surface area (Å²) >= 11 is 0. The standard InChI is InChI=1S/C23H35N3O6/c1-23(2,3)32-22(29)26-10-4-6-17(14-26)15-30-16-20(27)24-18-8-11-25(12-9-18)21(28)19-7-5-13-31-19/h5,7,13,17-18H,4,6,8-12,14-16H2,1-3H3,(H,24,27). The number of furan rings is 1. The van der Waals surface area contributed by atoms with Gasteiger partial charge in [0.15, 0.2) is 5.76 Å². The molecule has 2 aliphatic heterocycles. The number of likely N-dealkylation sites (tertiary alicyclic amines) is 2. The third-order valence-corrected chi connectivity index (χ3v) is 5.64. The van der Waals surface area contributed by atoms with Crippen molar-refractivity contribution in [3.05, 3.63) is 24.2 Å². The average Bonchev–Trinajstić information content (AvgIpc) is 3.28. The zero-order valence-electron chi connectivity index (χ0n) is 19.3. The Balaban J connectivity index is 1.32. The molecule has 0 radical (unpaired) electrons. The fourth-order valence-corrected chi connectivity index (χ4v) is 4.06. The van der Waals surface area contributed by atoms with Gasteiger partial charge in [-0.3, -0.25) is 9.59 Å². The van der Waals surface area contributed by atoms with Gasteiger partial charge in [0.25, 0.3) is 5.91 Å². The Morgan fingerprint density at radius 3 is 2.53 bits per heavy atom. The fraction of sp³-hybridized carbons (Fsp3) is 0.696. The Morgan fingerprint density at radius 2 is 1.88 bits per heavy atom. The topological polar surface area (TPSA) is 101 Å². The van der Waals surface area contributed by atoms with Gasteiger partial charge in [-0.15, -0.1) is 0 Å². The first-order valence-electron chi connectivity index (χ1n) is 11.4. The van der Waals surface area contributed by atoms with Crippen LogP contribution in [-0.4, -0.2) is 78.7 Å². The molecule has 1 aromatic rings. The quantitative estimate of drug-likeness (QED) is 0.717. The first-order chi connectivity index (χ1) is 15.2. The minimum absolute atomic E-state index is 0.00548. The molecular formula is C23H35N3O6. The van der Waals surface area contributed by atoms with Gasteiger partial charge < -0.3 is 29.0 Å². The third-order valence-electron chi connectivity index (χ3n) is 5.64. The molecule has 1 N–H and O–H groups in total. The van der Waals surface area contributed by atoms with E-state index in [1.165, 1.54) is 6.26 Å². The van der Waals surface area contributed by atoms with Gasteiger partial charge in [0.05, 0.1) is 12.9 Å². The van der Waals surface area contributed by atoms with Gasteiger partial charge in [-0.1, -0.05) is 0 Å². The van der Waals surface area contributed by atoms with Crippen molar-refractivity contribution in [3.63, 3.8) is 0 Å². The molecule has 1 atom stereocenters. The van der Waals surface area contributed by atoms with E-state index in [0.717, 1.165) is 12.8 Å². The highest BCUT2D eigenvalue weighted by Crippen LogP contribution is 2.20. The molecule has 9 heteroatoms. The van der Waals surface area contributed by atoms with Crippen LogP contribution in [0.15, 0.2) is 22.8 Å². The van der Waals surface area contributed by atoms with Gasteiger partial charge in [-0.2, -0.15) is 0 Å². The van der Waals surface area contributed by atoms with E-state index >= 15 is 0 Å². The van der Waals surface area contributed by atoms with Crippen LogP contribution in [0.25, 0.3) is 0 Å². The maximum Gasteiger partial charge on any atom is 0.410 e. The number of nitrogens with zero attached hydrogens (tertiary/aromatic N) is 2. The molecule has 32 heavy (non-hydrogen) atoms. The molecule has 1 unspecified atom stereocenters. The number of carbonyl (C=O) groups excluding carboxylic acids is 3. The molecule has 0 aliphatic carbocycles. The SMILES string of the molecule is CC(C)(C)OC(=O)N1CCCC(COCC(=O)NC2CCN(C(=O)c3ccco3)CC2)C1. The molecule has 3 amide bonds. The molecular weight excluding hydrogens is 414 g/mol. The van der Waals surface area contributed by atoms with Crippen LogP contribution in [0, 0.1) is 5.92 Å². The van der Waals surface area contributed by atoms with Gasteiger partial charge >= 0.3 is 6.09 Å². The minimum Gasteiger partial charge on any atom is -0.459 e. The molecule has 178 valence electrons. The van der Waals surface area contributed by atoms with E-state index in [1.54, 1.807) is 21.9 Å². The maximum atomic E-state index is 12.3. The highest BCUT2D eigenvalue weighted by Gasteiger charge is 2.28. The number of ether oxygens (including phenoxy) is 2. The van der Waals surface area contributed by atoms with E-state index in [9.17, 15) is 14.4 Å². The molecule has 3 rings (SSSR count). The lowest BCUT2D eigenvalue weighted by Crippen LogP contribution is -2.47. The lowest BCUT2D eigenvalue weighted by Gasteiger charge is -2.34. The molecule has 2 aliphatic rings. The smallest absolute Gasteiger partial charge is 0.410 e. The first kappa shape index (κ1) is 24.1. The van der Waals surface area contributed by atoms with Crippen LogP contribution in [0.4, 0.5) is 4.79 Å². The average molecular weight is 450 g/mol. The zero-order valence-corrected chi connectivity index (χ0v) is 19.3. The summed E-state index contributed by atoms with van der Waals surface area (Å²) in [6, 6.07) is 3.39. The molecule has 9 nitrogen and oxygen atoms in total. The van der Waals surface area contributed by atoms with Crippen LogP contribution in [-0.2, 0) is 14.3 Å². The van der Waals surface area contributed by atoms with Crippen molar-refractivity contribution < 1.29 is 28.3 Å². The third kappa shape index (κ3) is 7.25. The summed E-state index contributed by atoms with van der Waals surface area (Å²) in [6.45, 7) is 8.42. The number of piperidine rings is 2. The number of hydrogen-bond acceptors (Lipinski definition) is 6. The number of rotatable bonds is 6. The molecule has 2 saturated heterocycles. The van der Waals surface area contributed by atoms with Crippen molar-refractivity contribution in [2.75, 3.05) is 39.4 Å². The van der Waals surface area contributed by atoms with Crippen molar-refractivity contribution in [1.29, 1.82) is 0 Å². The Morgan fingerprint density at radius 1 is 1.12 bits per heavy atom. The number of hydrogen-bond donors (Lipinski definition) is 1. The van der Waals surface area contributed by atoms with Gasteiger partial charge in [0.2, 0.25) is 5.91 Å². The predicted octanol–water partition coefficient (Wildman–Crippen LogP) is 2.66. The molecule has 0 spiro atoms. The van der Waals surface area contributed by atoms with Gasteiger partial charge in [-0.05, 0) is 58.6 Å². The second-order valence-electron chi connectivity index (χ2n) is 9.56. The van der Waals surface area contributed by atoms with Crippen LogP contribution in [0.5, 0.6) is 0 Å². The minimum atomic E-state index is -0.513. The van der Waals surface area contributed by atoms with Crippen LogP contribution < -0.4 is 5.32 Å². The summed E-state index contributed by atoms with van der Waals surface area (Å²) in [5, 5.41) is 2.99. The molecule has 3 heterocycles. The van der Waals surface area contributed by atoms with E-state index < -0.39 is 5.60 Å². The number of carbonyl (C=O) groups is 3.